The van der Waals surface area contributed by atoms with Gasteiger partial charge in [0.1, 0.15) is 5.75 Å². The molecule has 1 aliphatic rings. The molecule has 2 nitrogen and oxygen atoms in total. The third kappa shape index (κ3) is 1.87. The fraction of sp³-hybridized carbons (Fsp3) is 0.143. The Hall–Kier alpha value is -1.96. The van der Waals surface area contributed by atoms with Crippen LogP contribution < -0.4 is 4.74 Å². The first kappa shape index (κ1) is 10.6. The van der Waals surface area contributed by atoms with Gasteiger partial charge in [-0.2, -0.15) is 0 Å². The van der Waals surface area contributed by atoms with Crippen molar-refractivity contribution in [3.05, 3.63) is 60.3 Å². The monoisotopic (exact) mass is 213 g/mol. The van der Waals surface area contributed by atoms with Crippen LogP contribution in [-0.2, 0) is 0 Å². The van der Waals surface area contributed by atoms with Crippen LogP contribution in [0.3, 0.4) is 0 Å². The summed E-state index contributed by atoms with van der Waals surface area (Å²) in [5, 5.41) is 0. The number of hydrogen-bond acceptors (Lipinski definition) is 2. The highest BCUT2D eigenvalue weighted by atomic mass is 16.5. The van der Waals surface area contributed by atoms with Crippen molar-refractivity contribution in [3.8, 4) is 5.75 Å². The molecule has 82 valence electrons. The molecule has 2 heteroatoms. The number of benzene rings is 1. The normalized spacial score (nSPS) is 15.0. The van der Waals surface area contributed by atoms with Crippen LogP contribution in [0.1, 0.15) is 5.56 Å². The fourth-order valence-electron chi connectivity index (χ4n) is 1.68. The van der Waals surface area contributed by atoms with E-state index in [0.717, 1.165) is 22.7 Å². The van der Waals surface area contributed by atoms with E-state index in [1.54, 1.807) is 7.11 Å². The molecule has 0 atom stereocenters. The van der Waals surface area contributed by atoms with E-state index in [0.29, 0.717) is 0 Å². The minimum atomic E-state index is 0.872. The lowest BCUT2D eigenvalue weighted by Crippen LogP contribution is -2.16. The van der Waals surface area contributed by atoms with Gasteiger partial charge in [0.2, 0.25) is 0 Å². The van der Waals surface area contributed by atoms with Gasteiger partial charge in [-0.1, -0.05) is 12.7 Å². The van der Waals surface area contributed by atoms with Gasteiger partial charge >= 0.3 is 0 Å². The van der Waals surface area contributed by atoms with Crippen LogP contribution in [0, 0.1) is 0 Å². The zero-order chi connectivity index (χ0) is 11.5. The van der Waals surface area contributed by atoms with Crippen LogP contribution in [0.15, 0.2) is 54.8 Å². The second kappa shape index (κ2) is 4.27. The number of hydrogen-bond donors (Lipinski definition) is 0. The number of nitrogens with zero attached hydrogens (tertiary/aromatic N) is 1. The molecule has 0 aromatic heterocycles. The maximum atomic E-state index is 5.14. The molecule has 0 saturated carbocycles. The molecule has 1 heterocycles. The first-order valence-corrected chi connectivity index (χ1v) is 5.18. The summed E-state index contributed by atoms with van der Waals surface area (Å²) in [4.78, 5) is 2.07. The van der Waals surface area contributed by atoms with Crippen molar-refractivity contribution in [2.45, 2.75) is 0 Å². The average Bonchev–Trinajstić information content (AvgIpc) is 2.33. The molecule has 0 amide bonds. The maximum Gasteiger partial charge on any atom is 0.118 e. The van der Waals surface area contributed by atoms with Gasteiger partial charge < -0.3 is 9.64 Å². The number of allylic oxidation sites excluding steroid dienone is 3. The predicted molar refractivity (Wildman–Crippen MR) is 67.0 cm³/mol. The zero-order valence-corrected chi connectivity index (χ0v) is 9.60. The Kier molecular flexibility index (Phi) is 2.82. The lowest BCUT2D eigenvalue weighted by atomic mass is 10.1. The van der Waals surface area contributed by atoms with E-state index in [1.807, 2.05) is 43.5 Å². The lowest BCUT2D eigenvalue weighted by molar-refractivity contribution is 0.414. The second-order valence-corrected chi connectivity index (χ2v) is 3.69. The molecule has 0 saturated heterocycles. The summed E-state index contributed by atoms with van der Waals surface area (Å²) in [5.41, 5.74) is 3.30. The van der Waals surface area contributed by atoms with Gasteiger partial charge in [0, 0.05) is 18.4 Å². The molecule has 0 bridgehead atoms. The molecule has 1 aromatic rings. The van der Waals surface area contributed by atoms with Crippen molar-refractivity contribution in [3.63, 3.8) is 0 Å². The van der Waals surface area contributed by atoms with Crippen molar-refractivity contribution in [1.29, 1.82) is 0 Å². The van der Waals surface area contributed by atoms with Gasteiger partial charge in [-0.25, -0.2) is 0 Å². The van der Waals surface area contributed by atoms with Crippen molar-refractivity contribution in [1.82, 2.24) is 4.90 Å². The third-order valence-corrected chi connectivity index (χ3v) is 2.72. The molecular weight excluding hydrogens is 198 g/mol. The second-order valence-electron chi connectivity index (χ2n) is 3.69. The van der Waals surface area contributed by atoms with Crippen LogP contribution in [0.2, 0.25) is 0 Å². The van der Waals surface area contributed by atoms with Gasteiger partial charge in [0.15, 0.2) is 0 Å². The van der Waals surface area contributed by atoms with Gasteiger partial charge in [-0.3, -0.25) is 0 Å². The minimum Gasteiger partial charge on any atom is -0.497 e. The standard InChI is InChI=1S/C14H15NO/c1-11-5-4-6-14(15(11)2)12-7-9-13(16-3)10-8-12/h4-10H,1H2,2-3H3. The number of rotatable bonds is 2. The lowest BCUT2D eigenvalue weighted by Gasteiger charge is -2.25. The topological polar surface area (TPSA) is 12.5 Å². The quantitative estimate of drug-likeness (QED) is 0.748. The molecule has 16 heavy (non-hydrogen) atoms. The molecular formula is C14H15NO. The van der Waals surface area contributed by atoms with Crippen LogP contribution in [0.5, 0.6) is 5.75 Å². The van der Waals surface area contributed by atoms with E-state index < -0.39 is 0 Å². The summed E-state index contributed by atoms with van der Waals surface area (Å²) >= 11 is 0. The first-order chi connectivity index (χ1) is 7.72. The Labute approximate surface area is 96.1 Å². The van der Waals surface area contributed by atoms with Gasteiger partial charge in [0.25, 0.3) is 0 Å². The molecule has 0 spiro atoms. The van der Waals surface area contributed by atoms with Crippen molar-refractivity contribution < 1.29 is 4.74 Å². The predicted octanol–water partition coefficient (Wildman–Crippen LogP) is 3.05. The third-order valence-electron chi connectivity index (χ3n) is 2.72. The summed E-state index contributed by atoms with van der Waals surface area (Å²) in [6.45, 7) is 3.98. The maximum absolute atomic E-state index is 5.14. The molecule has 0 aliphatic carbocycles. The van der Waals surface area contributed by atoms with Crippen molar-refractivity contribution in [2.24, 2.45) is 0 Å². The summed E-state index contributed by atoms with van der Waals surface area (Å²) in [7, 11) is 3.69. The van der Waals surface area contributed by atoms with E-state index in [1.165, 1.54) is 0 Å². The van der Waals surface area contributed by atoms with Gasteiger partial charge in [0.05, 0.1) is 7.11 Å². The molecule has 0 fully saturated rings. The molecule has 1 aliphatic heterocycles. The summed E-state index contributed by atoms with van der Waals surface area (Å²) in [6, 6.07) is 8.03. The summed E-state index contributed by atoms with van der Waals surface area (Å²) < 4.78 is 5.14. The van der Waals surface area contributed by atoms with Crippen molar-refractivity contribution in [2.75, 3.05) is 14.2 Å². The van der Waals surface area contributed by atoms with Crippen molar-refractivity contribution >= 4 is 5.70 Å². The molecule has 1 aromatic carbocycles. The largest absolute Gasteiger partial charge is 0.497 e. The Morgan fingerprint density at radius 1 is 1.19 bits per heavy atom. The SMILES string of the molecule is C=C1C=CC=C(c2ccc(OC)cc2)N1C. The highest BCUT2D eigenvalue weighted by molar-refractivity contribution is 5.69. The van der Waals surface area contributed by atoms with Gasteiger partial charge in [-0.15, -0.1) is 0 Å². The van der Waals surface area contributed by atoms with Crippen LogP contribution in [0.25, 0.3) is 5.70 Å². The Bertz CT molecular complexity index is 454. The fourth-order valence-corrected chi connectivity index (χ4v) is 1.68. The minimum absolute atomic E-state index is 0.872. The average molecular weight is 213 g/mol. The van der Waals surface area contributed by atoms with Crippen LogP contribution in [-0.4, -0.2) is 19.1 Å². The summed E-state index contributed by atoms with van der Waals surface area (Å²) in [6.07, 6.45) is 6.09. The number of likely N-dealkylation sites (N-methyl/N-ethyl adjacent to an activating group) is 1. The Balaban J connectivity index is 2.33. The zero-order valence-electron chi connectivity index (χ0n) is 9.60. The highest BCUT2D eigenvalue weighted by Crippen LogP contribution is 2.26. The smallest absolute Gasteiger partial charge is 0.118 e. The van der Waals surface area contributed by atoms with E-state index in [2.05, 4.69) is 17.6 Å². The first-order valence-electron chi connectivity index (χ1n) is 5.18. The summed E-state index contributed by atoms with van der Waals surface area (Å²) in [5.74, 6) is 0.872. The van der Waals surface area contributed by atoms with E-state index in [-0.39, 0.29) is 0 Å². The molecule has 0 N–H and O–H groups in total. The van der Waals surface area contributed by atoms with Crippen LogP contribution in [0.4, 0.5) is 0 Å². The number of ether oxygens (including phenoxy) is 1. The number of methoxy groups -OCH3 is 1. The molecule has 0 radical (unpaired) electrons. The van der Waals surface area contributed by atoms with Crippen LogP contribution >= 0.6 is 0 Å². The Morgan fingerprint density at radius 3 is 2.50 bits per heavy atom. The van der Waals surface area contributed by atoms with Gasteiger partial charge in [-0.05, 0) is 42.0 Å². The molecule has 2 rings (SSSR count). The molecule has 0 unspecified atom stereocenters. The highest BCUT2D eigenvalue weighted by Gasteiger charge is 2.11. The van der Waals surface area contributed by atoms with E-state index in [4.69, 9.17) is 4.74 Å². The Morgan fingerprint density at radius 2 is 1.88 bits per heavy atom. The van der Waals surface area contributed by atoms with E-state index in [9.17, 15) is 0 Å². The van der Waals surface area contributed by atoms with E-state index >= 15 is 0 Å².